The molecule has 0 saturated heterocycles. The van der Waals surface area contributed by atoms with E-state index in [4.69, 9.17) is 15.8 Å². The summed E-state index contributed by atoms with van der Waals surface area (Å²) < 4.78 is 18.9. The smallest absolute Gasteiger partial charge is 0.166 e. The van der Waals surface area contributed by atoms with Crippen molar-refractivity contribution in [1.29, 1.82) is 5.26 Å². The van der Waals surface area contributed by atoms with Crippen LogP contribution in [0.5, 0.6) is 5.75 Å². The van der Waals surface area contributed by atoms with Gasteiger partial charge in [-0.1, -0.05) is 0 Å². The summed E-state index contributed by atoms with van der Waals surface area (Å²) in [6.07, 6.45) is 1.57. The van der Waals surface area contributed by atoms with Gasteiger partial charge in [-0.25, -0.2) is 15.2 Å². The molecule has 0 spiro atoms. The molecule has 0 aliphatic heterocycles. The number of hydrogen-bond donors (Lipinski definition) is 2. The van der Waals surface area contributed by atoms with E-state index in [0.29, 0.717) is 5.82 Å². The maximum atomic E-state index is 13.6. The number of halogens is 1. The molecular weight excluding hydrogens is 247 g/mol. The van der Waals surface area contributed by atoms with Gasteiger partial charge in [-0.2, -0.15) is 5.26 Å². The van der Waals surface area contributed by atoms with Crippen LogP contribution in [0.4, 0.5) is 10.2 Å². The first-order valence-electron chi connectivity index (χ1n) is 5.47. The highest BCUT2D eigenvalue weighted by molar-refractivity contribution is 5.37. The zero-order chi connectivity index (χ0) is 13.7. The quantitative estimate of drug-likeness (QED) is 0.647. The maximum absolute atomic E-state index is 13.6. The van der Waals surface area contributed by atoms with E-state index in [1.165, 1.54) is 12.1 Å². The summed E-state index contributed by atoms with van der Waals surface area (Å²) in [5, 5.41) is 8.64. The standard InChI is InChI=1S/C13H11FN4O/c14-11-5-9(7-15)1-2-12(11)19-8-10-3-4-17-13(6-10)18-16/h1-6H,8,16H2,(H,17,18). The second kappa shape index (κ2) is 5.80. The normalized spacial score (nSPS) is 9.74. The first kappa shape index (κ1) is 12.8. The second-order valence-electron chi connectivity index (χ2n) is 3.74. The molecule has 0 amide bonds. The number of nitriles is 1. The molecule has 0 aliphatic carbocycles. The Labute approximate surface area is 109 Å². The van der Waals surface area contributed by atoms with Crippen molar-refractivity contribution in [3.05, 3.63) is 53.5 Å². The Morgan fingerprint density at radius 1 is 1.37 bits per heavy atom. The molecule has 0 bridgehead atoms. The average molecular weight is 258 g/mol. The number of hydrazine groups is 1. The third-order valence-corrected chi connectivity index (χ3v) is 2.43. The minimum atomic E-state index is -0.565. The van der Waals surface area contributed by atoms with E-state index < -0.39 is 5.82 Å². The zero-order valence-electron chi connectivity index (χ0n) is 9.93. The number of anilines is 1. The third-order valence-electron chi connectivity index (χ3n) is 2.43. The highest BCUT2D eigenvalue weighted by Gasteiger charge is 2.05. The predicted octanol–water partition coefficient (Wildman–Crippen LogP) is 1.96. The van der Waals surface area contributed by atoms with Crippen molar-refractivity contribution < 1.29 is 9.13 Å². The van der Waals surface area contributed by atoms with Crippen molar-refractivity contribution in [3.63, 3.8) is 0 Å². The van der Waals surface area contributed by atoms with Gasteiger partial charge in [0.15, 0.2) is 11.6 Å². The fourth-order valence-electron chi connectivity index (χ4n) is 1.49. The van der Waals surface area contributed by atoms with Crippen LogP contribution in [0.2, 0.25) is 0 Å². The van der Waals surface area contributed by atoms with Gasteiger partial charge in [0.1, 0.15) is 12.4 Å². The van der Waals surface area contributed by atoms with Crippen LogP contribution < -0.4 is 16.0 Å². The molecule has 2 aromatic rings. The Balaban J connectivity index is 2.08. The average Bonchev–Trinajstić information content (AvgIpc) is 2.46. The van der Waals surface area contributed by atoms with Crippen molar-refractivity contribution in [3.8, 4) is 11.8 Å². The van der Waals surface area contributed by atoms with Crippen LogP contribution in [0.25, 0.3) is 0 Å². The van der Waals surface area contributed by atoms with Gasteiger partial charge in [-0.3, -0.25) is 0 Å². The third kappa shape index (κ3) is 3.18. The van der Waals surface area contributed by atoms with Gasteiger partial charge in [-0.15, -0.1) is 0 Å². The molecule has 0 fully saturated rings. The molecule has 96 valence electrons. The summed E-state index contributed by atoms with van der Waals surface area (Å²) in [5.41, 5.74) is 3.47. The molecule has 0 aliphatic rings. The Bertz CT molecular complexity index is 624. The molecule has 1 heterocycles. The lowest BCUT2D eigenvalue weighted by Gasteiger charge is -2.08. The SMILES string of the molecule is N#Cc1ccc(OCc2ccnc(NN)c2)c(F)c1. The van der Waals surface area contributed by atoms with Crippen LogP contribution >= 0.6 is 0 Å². The largest absolute Gasteiger partial charge is 0.486 e. The number of benzene rings is 1. The van der Waals surface area contributed by atoms with E-state index in [1.807, 2.05) is 6.07 Å². The van der Waals surface area contributed by atoms with Crippen LogP contribution in [0, 0.1) is 17.1 Å². The highest BCUT2D eigenvalue weighted by Crippen LogP contribution is 2.19. The number of rotatable bonds is 4. The van der Waals surface area contributed by atoms with Gasteiger partial charge in [0.25, 0.3) is 0 Å². The van der Waals surface area contributed by atoms with Gasteiger partial charge >= 0.3 is 0 Å². The fraction of sp³-hybridized carbons (Fsp3) is 0.0769. The summed E-state index contributed by atoms with van der Waals surface area (Å²) in [6.45, 7) is 0.181. The fourth-order valence-corrected chi connectivity index (χ4v) is 1.49. The van der Waals surface area contributed by atoms with E-state index in [-0.39, 0.29) is 17.9 Å². The van der Waals surface area contributed by atoms with Crippen LogP contribution in [0.1, 0.15) is 11.1 Å². The number of nitrogen functional groups attached to an aromatic ring is 1. The monoisotopic (exact) mass is 258 g/mol. The molecule has 6 heteroatoms. The zero-order valence-corrected chi connectivity index (χ0v) is 9.93. The maximum Gasteiger partial charge on any atom is 0.166 e. The number of pyridine rings is 1. The van der Waals surface area contributed by atoms with Crippen molar-refractivity contribution in [2.45, 2.75) is 6.61 Å². The van der Waals surface area contributed by atoms with Crippen molar-refractivity contribution in [2.75, 3.05) is 5.43 Å². The van der Waals surface area contributed by atoms with Crippen molar-refractivity contribution >= 4 is 5.82 Å². The molecule has 0 unspecified atom stereocenters. The first-order valence-corrected chi connectivity index (χ1v) is 5.47. The summed E-state index contributed by atoms with van der Waals surface area (Å²) in [7, 11) is 0. The Morgan fingerprint density at radius 2 is 2.21 bits per heavy atom. The molecule has 0 radical (unpaired) electrons. The molecular formula is C13H11FN4O. The summed E-state index contributed by atoms with van der Waals surface area (Å²) >= 11 is 0. The Hall–Kier alpha value is -2.65. The van der Waals surface area contributed by atoms with Gasteiger partial charge in [0, 0.05) is 6.20 Å². The highest BCUT2D eigenvalue weighted by atomic mass is 19.1. The van der Waals surface area contributed by atoms with Gasteiger partial charge < -0.3 is 10.2 Å². The molecule has 5 nitrogen and oxygen atoms in total. The Morgan fingerprint density at radius 3 is 2.89 bits per heavy atom. The second-order valence-corrected chi connectivity index (χ2v) is 3.74. The van der Waals surface area contributed by atoms with E-state index in [1.54, 1.807) is 18.3 Å². The predicted molar refractivity (Wildman–Crippen MR) is 67.5 cm³/mol. The molecule has 0 atom stereocenters. The van der Waals surface area contributed by atoms with Crippen LogP contribution in [0.15, 0.2) is 36.5 Å². The van der Waals surface area contributed by atoms with Crippen LogP contribution in [-0.4, -0.2) is 4.98 Å². The topological polar surface area (TPSA) is 84.0 Å². The lowest BCUT2D eigenvalue weighted by atomic mass is 10.2. The molecule has 1 aromatic heterocycles. The van der Waals surface area contributed by atoms with Gasteiger partial charge in [0.2, 0.25) is 0 Å². The van der Waals surface area contributed by atoms with Crippen molar-refractivity contribution in [2.24, 2.45) is 5.84 Å². The lowest BCUT2D eigenvalue weighted by Crippen LogP contribution is -2.09. The number of nitrogens with zero attached hydrogens (tertiary/aromatic N) is 2. The summed E-state index contributed by atoms with van der Waals surface area (Å²) in [5.74, 6) is 5.27. The molecule has 1 aromatic carbocycles. The van der Waals surface area contributed by atoms with E-state index in [2.05, 4.69) is 10.4 Å². The van der Waals surface area contributed by atoms with E-state index in [9.17, 15) is 4.39 Å². The number of ether oxygens (including phenoxy) is 1. The number of nitrogens with one attached hydrogen (secondary N) is 1. The molecule has 0 saturated carbocycles. The van der Waals surface area contributed by atoms with E-state index >= 15 is 0 Å². The minimum Gasteiger partial charge on any atom is -0.486 e. The lowest BCUT2D eigenvalue weighted by molar-refractivity contribution is 0.290. The Kier molecular flexibility index (Phi) is 3.90. The van der Waals surface area contributed by atoms with Crippen molar-refractivity contribution in [1.82, 2.24) is 4.98 Å². The summed E-state index contributed by atoms with van der Waals surface area (Å²) in [6, 6.07) is 9.35. The molecule has 19 heavy (non-hydrogen) atoms. The summed E-state index contributed by atoms with van der Waals surface area (Å²) in [4.78, 5) is 3.95. The van der Waals surface area contributed by atoms with Crippen LogP contribution in [-0.2, 0) is 6.61 Å². The van der Waals surface area contributed by atoms with Gasteiger partial charge in [0.05, 0.1) is 11.6 Å². The minimum absolute atomic E-state index is 0.0954. The number of nitrogens with two attached hydrogens (primary N) is 1. The van der Waals surface area contributed by atoms with Crippen LogP contribution in [0.3, 0.4) is 0 Å². The van der Waals surface area contributed by atoms with Gasteiger partial charge in [-0.05, 0) is 35.9 Å². The van der Waals surface area contributed by atoms with E-state index in [0.717, 1.165) is 11.6 Å². The molecule has 2 rings (SSSR count). The number of aromatic nitrogens is 1. The first-order chi connectivity index (χ1) is 9.22. The molecule has 3 N–H and O–H groups in total. The number of hydrogen-bond acceptors (Lipinski definition) is 5.